The first-order valence-electron chi connectivity index (χ1n) is 7.67. The monoisotopic (exact) mass is 248 g/mol. The van der Waals surface area contributed by atoms with Crippen LogP contribution >= 0.6 is 0 Å². The van der Waals surface area contributed by atoms with Crippen molar-refractivity contribution in [2.45, 2.75) is 71.1 Å². The maximum Gasteiger partial charge on any atom is 0.119 e. The largest absolute Gasteiger partial charge is 0.303 e. The Morgan fingerprint density at radius 3 is 2.61 bits per heavy atom. The normalized spacial score (nSPS) is 15.7. The third kappa shape index (κ3) is 6.18. The Bertz CT molecular complexity index is 275. The average Bonchev–Trinajstić information content (AvgIpc) is 2.90. The summed E-state index contributed by atoms with van der Waals surface area (Å²) in [6.45, 7) is 2.26. The predicted octanol–water partition coefficient (Wildman–Crippen LogP) is 5.22. The second kappa shape index (κ2) is 10.1. The molecule has 1 aliphatic rings. The molecule has 1 atom stereocenters. The first-order chi connectivity index (χ1) is 8.88. The molecule has 1 heteroatoms. The van der Waals surface area contributed by atoms with Crippen molar-refractivity contribution in [3.63, 3.8) is 0 Å². The quantitative estimate of drug-likeness (QED) is 0.362. The zero-order chi connectivity index (χ0) is 13.1. The fourth-order valence-electron chi connectivity index (χ4n) is 2.72. The van der Waals surface area contributed by atoms with E-state index in [4.69, 9.17) is 0 Å². The number of hydrogen-bond acceptors (Lipinski definition) is 1. The van der Waals surface area contributed by atoms with Crippen molar-refractivity contribution in [2.24, 2.45) is 5.92 Å². The van der Waals surface area contributed by atoms with Crippen molar-refractivity contribution in [1.29, 1.82) is 0 Å². The molecule has 1 rings (SSSR count). The lowest BCUT2D eigenvalue weighted by atomic mass is 9.87. The molecule has 0 aromatic rings. The zero-order valence-electron chi connectivity index (χ0n) is 11.9. The summed E-state index contributed by atoms with van der Waals surface area (Å²) < 4.78 is 0. The summed E-state index contributed by atoms with van der Waals surface area (Å²) in [6, 6.07) is 0. The Hall–Kier alpha value is -0.850. The SMILES string of the molecule is CCCCCCCC(CCCC=O)C1=CC=CC1. The Morgan fingerprint density at radius 2 is 1.94 bits per heavy atom. The molecule has 0 saturated heterocycles. The van der Waals surface area contributed by atoms with Crippen LogP contribution in [0, 0.1) is 5.92 Å². The van der Waals surface area contributed by atoms with Crippen molar-refractivity contribution in [2.75, 3.05) is 0 Å². The molecule has 0 heterocycles. The van der Waals surface area contributed by atoms with Crippen LogP contribution in [0.4, 0.5) is 0 Å². The number of aldehydes is 1. The Kier molecular flexibility index (Phi) is 8.54. The third-order valence-electron chi connectivity index (χ3n) is 3.86. The van der Waals surface area contributed by atoms with Gasteiger partial charge >= 0.3 is 0 Å². The van der Waals surface area contributed by atoms with E-state index in [2.05, 4.69) is 25.2 Å². The second-order valence-electron chi connectivity index (χ2n) is 5.37. The van der Waals surface area contributed by atoms with Gasteiger partial charge in [0.2, 0.25) is 0 Å². The lowest BCUT2D eigenvalue weighted by Gasteiger charge is -2.18. The van der Waals surface area contributed by atoms with Crippen molar-refractivity contribution >= 4 is 6.29 Å². The molecule has 102 valence electrons. The molecule has 0 saturated carbocycles. The molecular weight excluding hydrogens is 220 g/mol. The molecule has 0 aromatic carbocycles. The summed E-state index contributed by atoms with van der Waals surface area (Å²) in [5.74, 6) is 0.724. The number of allylic oxidation sites excluding steroid dienone is 4. The summed E-state index contributed by atoms with van der Waals surface area (Å²) in [4.78, 5) is 10.4. The van der Waals surface area contributed by atoms with Gasteiger partial charge in [-0.1, -0.05) is 62.8 Å². The molecule has 0 spiro atoms. The van der Waals surface area contributed by atoms with Crippen LogP contribution in [0.1, 0.15) is 71.1 Å². The average molecular weight is 248 g/mol. The number of hydrogen-bond donors (Lipinski definition) is 0. The van der Waals surface area contributed by atoms with E-state index in [0.29, 0.717) is 0 Å². The van der Waals surface area contributed by atoms with E-state index >= 15 is 0 Å². The first-order valence-corrected chi connectivity index (χ1v) is 7.67. The van der Waals surface area contributed by atoms with Gasteiger partial charge in [-0.3, -0.25) is 0 Å². The van der Waals surface area contributed by atoms with E-state index < -0.39 is 0 Å². The second-order valence-corrected chi connectivity index (χ2v) is 5.37. The third-order valence-corrected chi connectivity index (χ3v) is 3.86. The van der Waals surface area contributed by atoms with Crippen LogP contribution in [0.2, 0.25) is 0 Å². The van der Waals surface area contributed by atoms with Gasteiger partial charge in [0.25, 0.3) is 0 Å². The highest BCUT2D eigenvalue weighted by molar-refractivity contribution is 5.49. The van der Waals surface area contributed by atoms with Gasteiger partial charge in [0.1, 0.15) is 6.29 Å². The van der Waals surface area contributed by atoms with Gasteiger partial charge in [-0.25, -0.2) is 0 Å². The molecule has 0 fully saturated rings. The minimum absolute atomic E-state index is 0.724. The first kappa shape index (κ1) is 15.2. The van der Waals surface area contributed by atoms with Crippen LogP contribution in [0.25, 0.3) is 0 Å². The van der Waals surface area contributed by atoms with Gasteiger partial charge in [-0.15, -0.1) is 0 Å². The van der Waals surface area contributed by atoms with Crippen LogP contribution in [-0.4, -0.2) is 6.29 Å². The van der Waals surface area contributed by atoms with Crippen LogP contribution in [0.15, 0.2) is 23.8 Å². The number of unbranched alkanes of at least 4 members (excludes halogenated alkanes) is 5. The van der Waals surface area contributed by atoms with Gasteiger partial charge < -0.3 is 4.79 Å². The number of rotatable bonds is 11. The molecule has 0 aromatic heterocycles. The van der Waals surface area contributed by atoms with Crippen molar-refractivity contribution in [1.82, 2.24) is 0 Å². The number of carbonyl (C=O) groups excluding carboxylic acids is 1. The van der Waals surface area contributed by atoms with E-state index in [1.165, 1.54) is 44.9 Å². The number of carbonyl (C=O) groups is 1. The summed E-state index contributed by atoms with van der Waals surface area (Å²) in [5, 5.41) is 0. The minimum atomic E-state index is 0.724. The van der Waals surface area contributed by atoms with E-state index in [0.717, 1.165) is 31.5 Å². The summed E-state index contributed by atoms with van der Waals surface area (Å²) >= 11 is 0. The molecule has 1 aliphatic carbocycles. The molecule has 0 bridgehead atoms. The fraction of sp³-hybridized carbons (Fsp3) is 0.706. The van der Waals surface area contributed by atoms with Crippen LogP contribution in [-0.2, 0) is 4.79 Å². The van der Waals surface area contributed by atoms with E-state index in [-0.39, 0.29) is 0 Å². The standard InChI is InChI=1S/C17H28O/c1-2-3-4-5-6-11-16(14-9-10-15-18)17-12-7-8-13-17/h7-8,12,15-16H,2-6,9-11,13-14H2,1H3. The molecule has 1 nitrogen and oxygen atoms in total. The minimum Gasteiger partial charge on any atom is -0.303 e. The summed E-state index contributed by atoms with van der Waals surface area (Å²) in [7, 11) is 0. The van der Waals surface area contributed by atoms with E-state index in [1.807, 2.05) is 0 Å². The van der Waals surface area contributed by atoms with Gasteiger partial charge in [-0.05, 0) is 31.6 Å². The molecular formula is C17H28O. The van der Waals surface area contributed by atoms with Gasteiger partial charge in [0.05, 0.1) is 0 Å². The van der Waals surface area contributed by atoms with Crippen molar-refractivity contribution in [3.8, 4) is 0 Å². The predicted molar refractivity (Wildman–Crippen MR) is 78.6 cm³/mol. The van der Waals surface area contributed by atoms with Gasteiger partial charge in [0, 0.05) is 6.42 Å². The lowest BCUT2D eigenvalue weighted by Crippen LogP contribution is -2.04. The van der Waals surface area contributed by atoms with E-state index in [1.54, 1.807) is 5.57 Å². The maximum absolute atomic E-state index is 10.4. The van der Waals surface area contributed by atoms with Crippen molar-refractivity contribution < 1.29 is 4.79 Å². The van der Waals surface area contributed by atoms with E-state index in [9.17, 15) is 4.79 Å². The van der Waals surface area contributed by atoms with Crippen molar-refractivity contribution in [3.05, 3.63) is 23.8 Å². The molecule has 1 unspecified atom stereocenters. The smallest absolute Gasteiger partial charge is 0.119 e. The highest BCUT2D eigenvalue weighted by Crippen LogP contribution is 2.29. The topological polar surface area (TPSA) is 17.1 Å². The highest BCUT2D eigenvalue weighted by atomic mass is 16.1. The molecule has 0 amide bonds. The zero-order valence-corrected chi connectivity index (χ0v) is 11.9. The van der Waals surface area contributed by atoms with Gasteiger partial charge in [0.15, 0.2) is 0 Å². The fourth-order valence-corrected chi connectivity index (χ4v) is 2.72. The van der Waals surface area contributed by atoms with Crippen LogP contribution in [0.5, 0.6) is 0 Å². The highest BCUT2D eigenvalue weighted by Gasteiger charge is 2.14. The van der Waals surface area contributed by atoms with Crippen LogP contribution < -0.4 is 0 Å². The maximum atomic E-state index is 10.4. The summed E-state index contributed by atoms with van der Waals surface area (Å²) in [5.41, 5.74) is 1.59. The molecule has 0 aliphatic heterocycles. The summed E-state index contributed by atoms with van der Waals surface area (Å²) in [6.07, 6.45) is 20.0. The Labute approximate surface area is 112 Å². The lowest BCUT2D eigenvalue weighted by molar-refractivity contribution is -0.107. The molecule has 0 radical (unpaired) electrons. The van der Waals surface area contributed by atoms with Gasteiger partial charge in [-0.2, -0.15) is 0 Å². The Morgan fingerprint density at radius 1 is 1.17 bits per heavy atom. The Balaban J connectivity index is 2.23. The molecule has 0 N–H and O–H groups in total. The molecule has 18 heavy (non-hydrogen) atoms. The van der Waals surface area contributed by atoms with Crippen LogP contribution in [0.3, 0.4) is 0 Å².